The van der Waals surface area contributed by atoms with E-state index >= 15 is 0 Å². The van der Waals surface area contributed by atoms with Gasteiger partial charge < -0.3 is 19.1 Å². The van der Waals surface area contributed by atoms with Gasteiger partial charge in [0.25, 0.3) is 0 Å². The van der Waals surface area contributed by atoms with Gasteiger partial charge in [0.2, 0.25) is 0 Å². The molecule has 6 aromatic carbocycles. The average Bonchev–Trinajstić information content (AvgIpc) is 3.76. The van der Waals surface area contributed by atoms with Crippen LogP contribution in [0.5, 0.6) is 11.5 Å². The summed E-state index contributed by atoms with van der Waals surface area (Å²) in [6.45, 7) is 22.3. The molecule has 1 aliphatic heterocycles. The van der Waals surface area contributed by atoms with Crippen molar-refractivity contribution < 1.29 is 25.8 Å². The van der Waals surface area contributed by atoms with E-state index in [1.807, 2.05) is 12.3 Å². The van der Waals surface area contributed by atoms with Crippen molar-refractivity contribution in [2.75, 3.05) is 9.80 Å². The maximum atomic E-state index is 6.79. The van der Waals surface area contributed by atoms with E-state index in [4.69, 9.17) is 9.72 Å². The molecule has 0 amide bonds. The molecule has 0 atom stereocenters. The zero-order valence-corrected chi connectivity index (χ0v) is 39.3. The average molecular weight is 993 g/mol. The summed E-state index contributed by atoms with van der Waals surface area (Å²) >= 11 is 0. The number of hydrogen-bond acceptors (Lipinski definition) is 4. The van der Waals surface area contributed by atoms with Crippen LogP contribution in [0, 0.1) is 18.8 Å². The number of allylic oxidation sites excluding steroid dienone is 2. The second-order valence-electron chi connectivity index (χ2n) is 18.4. The molecule has 9 rings (SSSR count). The largest absolute Gasteiger partial charge is 0.509 e. The summed E-state index contributed by atoms with van der Waals surface area (Å²) in [7, 11) is 0. The van der Waals surface area contributed by atoms with Crippen molar-refractivity contribution in [1.29, 1.82) is 0 Å². The number of hydrogen-bond donors (Lipinski definition) is 0. The van der Waals surface area contributed by atoms with Gasteiger partial charge in [-0.25, -0.2) is 4.98 Å². The van der Waals surface area contributed by atoms with Crippen molar-refractivity contribution in [2.24, 2.45) is 0 Å². The summed E-state index contributed by atoms with van der Waals surface area (Å²) in [6, 6.07) is 59.0. The Morgan fingerprint density at radius 2 is 1.13 bits per heavy atom. The minimum atomic E-state index is -0.221. The van der Waals surface area contributed by atoms with E-state index < -0.39 is 0 Å². The Balaban J connectivity index is 0.00000529. The molecular weight excluding hydrogens is 940 g/mol. The summed E-state index contributed by atoms with van der Waals surface area (Å²) in [5.41, 5.74) is 12.0. The molecule has 8 aromatic rings. The maximum absolute atomic E-state index is 6.79. The fourth-order valence-corrected chi connectivity index (χ4v) is 8.59. The molecule has 0 saturated heterocycles. The summed E-state index contributed by atoms with van der Waals surface area (Å²) in [5, 5.41) is 2.23. The zero-order valence-electron chi connectivity index (χ0n) is 37.0. The van der Waals surface area contributed by atoms with Gasteiger partial charge in [0.1, 0.15) is 5.82 Å². The number of nitrogens with zero attached hydrogens (tertiary/aromatic N) is 4. The van der Waals surface area contributed by atoms with Gasteiger partial charge in [-0.15, -0.1) is 53.6 Å². The Bertz CT molecular complexity index is 2920. The maximum Gasteiger partial charge on any atom is 0.135 e. The van der Waals surface area contributed by atoms with Gasteiger partial charge in [0.05, 0.1) is 0 Å². The molecule has 0 saturated carbocycles. The van der Waals surface area contributed by atoms with Gasteiger partial charge in [-0.3, -0.25) is 0 Å². The van der Waals surface area contributed by atoms with Crippen molar-refractivity contribution >= 4 is 33.2 Å². The van der Waals surface area contributed by atoms with Crippen LogP contribution in [0.2, 0.25) is 0 Å². The zero-order chi connectivity index (χ0) is 42.7. The molecule has 0 unspecified atom stereocenters. The van der Waals surface area contributed by atoms with E-state index in [-0.39, 0.29) is 37.3 Å². The fourth-order valence-electron chi connectivity index (χ4n) is 8.59. The molecule has 2 aromatic heterocycles. The number of ether oxygens (including phenoxy) is 1. The van der Waals surface area contributed by atoms with Crippen molar-refractivity contribution in [3.05, 3.63) is 210 Å². The van der Waals surface area contributed by atoms with Crippen LogP contribution < -0.4 is 14.5 Å². The molecule has 0 aliphatic carbocycles. The fraction of sp³-hybridized carbons (Fsp3) is 0.214. The third kappa shape index (κ3) is 7.77. The molecular formula is C56H53N4OPt-3. The molecule has 6 heteroatoms. The van der Waals surface area contributed by atoms with Crippen LogP contribution in [0.4, 0.5) is 11.4 Å². The first-order valence-electron chi connectivity index (χ1n) is 21.2. The molecule has 3 heterocycles. The molecule has 62 heavy (non-hydrogen) atoms. The number of para-hydroxylation sites is 1. The van der Waals surface area contributed by atoms with Crippen LogP contribution in [0.15, 0.2) is 163 Å². The first-order valence-corrected chi connectivity index (χ1v) is 21.2. The predicted molar refractivity (Wildman–Crippen MR) is 253 cm³/mol. The normalized spacial score (nSPS) is 13.6. The van der Waals surface area contributed by atoms with Crippen molar-refractivity contribution in [3.8, 4) is 17.3 Å². The summed E-state index contributed by atoms with van der Waals surface area (Å²) in [5.74, 6) is 2.08. The van der Waals surface area contributed by atoms with Crippen LogP contribution in [0.1, 0.15) is 90.1 Å². The van der Waals surface area contributed by atoms with Crippen LogP contribution in [-0.4, -0.2) is 9.55 Å². The molecule has 316 valence electrons. The number of pyridine rings is 1. The number of aromatic nitrogens is 2. The van der Waals surface area contributed by atoms with Gasteiger partial charge >= 0.3 is 0 Å². The predicted octanol–water partition coefficient (Wildman–Crippen LogP) is 14.2. The molecule has 0 spiro atoms. The molecule has 5 nitrogen and oxygen atoms in total. The monoisotopic (exact) mass is 992 g/mol. The van der Waals surface area contributed by atoms with E-state index in [9.17, 15) is 0 Å². The minimum Gasteiger partial charge on any atom is -0.509 e. The first kappa shape index (κ1) is 42.8. The summed E-state index contributed by atoms with van der Waals surface area (Å²) in [6.07, 6.45) is 1.92. The van der Waals surface area contributed by atoms with Crippen LogP contribution in [0.25, 0.3) is 27.6 Å². The summed E-state index contributed by atoms with van der Waals surface area (Å²) in [4.78, 5) is 9.43. The van der Waals surface area contributed by atoms with E-state index in [1.54, 1.807) is 0 Å². The Morgan fingerprint density at radius 3 is 1.79 bits per heavy atom. The van der Waals surface area contributed by atoms with Crippen LogP contribution >= 0.6 is 0 Å². The number of anilines is 2. The van der Waals surface area contributed by atoms with Crippen molar-refractivity contribution in [2.45, 2.75) is 78.6 Å². The Labute approximate surface area is 382 Å². The van der Waals surface area contributed by atoms with Gasteiger partial charge in [0.15, 0.2) is 0 Å². The van der Waals surface area contributed by atoms with Gasteiger partial charge in [-0.1, -0.05) is 145 Å². The molecule has 0 fully saturated rings. The number of benzene rings is 6. The second-order valence-corrected chi connectivity index (χ2v) is 18.4. The van der Waals surface area contributed by atoms with E-state index in [1.165, 1.54) is 22.3 Å². The molecule has 0 N–H and O–H groups in total. The number of rotatable bonds is 9. The third-order valence-electron chi connectivity index (χ3n) is 12.8. The Morgan fingerprint density at radius 1 is 0.532 bits per heavy atom. The Kier molecular flexibility index (Phi) is 11.3. The van der Waals surface area contributed by atoms with Crippen LogP contribution in [-0.2, 0) is 37.3 Å². The van der Waals surface area contributed by atoms with Gasteiger partial charge in [-0.2, -0.15) is 6.07 Å². The van der Waals surface area contributed by atoms with E-state index in [0.717, 1.165) is 56.0 Å². The molecule has 1 aliphatic rings. The van der Waals surface area contributed by atoms with Gasteiger partial charge in [0, 0.05) is 72.2 Å². The van der Waals surface area contributed by atoms with E-state index in [2.05, 4.69) is 235 Å². The SMILES string of the molecule is CC1=C(C)N(c2ccc(C(C)(C)c3ccccc3)cc2)[CH-]N1c1[c-]c(Oc2[c-]c3c(cc2)c2ccccc2n3-c2cc(C(C)(C)c3ccccc3)ccn2)cc(C(C)(C)C)c1.[Pt]. The molecule has 0 radical (unpaired) electrons. The smallest absolute Gasteiger partial charge is 0.135 e. The standard InChI is InChI=1S/C56H53N4O.Pt/c1-38-39(2)59(37-58(38)45-26-24-42(25-27-45)55(6,7)40-18-12-10-13-19-40)46-32-44(54(3,4)5)33-48(35-46)61-47-28-29-50-49-22-16-17-23-51(49)60(52(50)36-47)53-34-43(30-31-57-53)56(8,9)41-20-14-11-15-21-41;/h10-34,37H,1-9H3;/q-3;. The first-order chi connectivity index (χ1) is 29.2. The molecule has 0 bridgehead atoms. The summed E-state index contributed by atoms with van der Waals surface area (Å²) < 4.78 is 9.00. The quantitative estimate of drug-likeness (QED) is 0.135. The minimum absolute atomic E-state index is 0. The van der Waals surface area contributed by atoms with Crippen LogP contribution in [0.3, 0.4) is 0 Å². The second kappa shape index (κ2) is 16.4. The number of fused-ring (bicyclic) bond motifs is 3. The van der Waals surface area contributed by atoms with Gasteiger partial charge in [-0.05, 0) is 77.2 Å². The third-order valence-corrected chi connectivity index (χ3v) is 12.8. The Hall–Kier alpha value is -5.90. The van der Waals surface area contributed by atoms with E-state index in [0.29, 0.717) is 11.5 Å². The topological polar surface area (TPSA) is 33.5 Å². The van der Waals surface area contributed by atoms with Crippen molar-refractivity contribution in [3.63, 3.8) is 0 Å². The van der Waals surface area contributed by atoms with Crippen molar-refractivity contribution in [1.82, 2.24) is 9.55 Å².